The molecule has 0 rings (SSSR count). The lowest BCUT2D eigenvalue weighted by Crippen LogP contribution is -2.42. The van der Waals surface area contributed by atoms with Crippen molar-refractivity contribution >= 4 is 0 Å². The van der Waals surface area contributed by atoms with Crippen molar-refractivity contribution in [3.05, 3.63) is 0 Å². The van der Waals surface area contributed by atoms with E-state index in [4.69, 9.17) is 0 Å². The van der Waals surface area contributed by atoms with Gasteiger partial charge in [-0.05, 0) is 40.3 Å². The van der Waals surface area contributed by atoms with E-state index in [0.29, 0.717) is 5.54 Å². The number of rotatable bonds is 9. The normalized spacial score (nSPS) is 12.4. The van der Waals surface area contributed by atoms with E-state index >= 15 is 0 Å². The molecule has 1 N–H and O–H groups in total. The number of nitrogens with one attached hydrogen (secondary N) is 1. The zero-order valence-corrected chi connectivity index (χ0v) is 11.4. The first-order valence-electron chi connectivity index (χ1n) is 6.45. The number of hydrogen-bond acceptors (Lipinski definition) is 2. The van der Waals surface area contributed by atoms with Crippen molar-refractivity contribution in [1.29, 1.82) is 0 Å². The van der Waals surface area contributed by atoms with Gasteiger partial charge in [0.25, 0.3) is 0 Å². The molecule has 0 fully saturated rings. The van der Waals surface area contributed by atoms with Crippen molar-refractivity contribution in [3.63, 3.8) is 0 Å². The van der Waals surface area contributed by atoms with E-state index in [1.54, 1.807) is 0 Å². The largest absolute Gasteiger partial charge is 0.311 e. The van der Waals surface area contributed by atoms with Gasteiger partial charge < -0.3 is 10.2 Å². The van der Waals surface area contributed by atoms with E-state index < -0.39 is 0 Å². The third-order valence-corrected chi connectivity index (χ3v) is 3.12. The summed E-state index contributed by atoms with van der Waals surface area (Å²) in [6, 6.07) is 0. The lowest BCUT2D eigenvalue weighted by atomic mass is 10.0. The number of unbranched alkanes of at least 4 members (excludes halogenated alkanes) is 2. The second kappa shape index (κ2) is 8.12. The van der Waals surface area contributed by atoms with Crippen LogP contribution >= 0.6 is 0 Å². The second-order valence-electron chi connectivity index (χ2n) is 5.17. The zero-order chi connectivity index (χ0) is 11.7. The standard InChI is InChI=1S/C13H30N2/c1-6-8-9-11-15(5)12-10-14-13(3,4)7-2/h14H,6-12H2,1-5H3. The molecule has 0 aromatic heterocycles. The minimum absolute atomic E-state index is 0.296. The molecule has 2 nitrogen and oxygen atoms in total. The average Bonchev–Trinajstić information content (AvgIpc) is 2.18. The fourth-order valence-electron chi connectivity index (χ4n) is 1.45. The van der Waals surface area contributed by atoms with E-state index in [0.717, 1.165) is 13.1 Å². The van der Waals surface area contributed by atoms with Crippen LogP contribution in [0.3, 0.4) is 0 Å². The number of nitrogens with zero attached hydrogens (tertiary/aromatic N) is 1. The lowest BCUT2D eigenvalue weighted by Gasteiger charge is -2.26. The third-order valence-electron chi connectivity index (χ3n) is 3.12. The van der Waals surface area contributed by atoms with Crippen LogP contribution in [0.15, 0.2) is 0 Å². The zero-order valence-electron chi connectivity index (χ0n) is 11.4. The van der Waals surface area contributed by atoms with Crippen LogP contribution < -0.4 is 5.32 Å². The summed E-state index contributed by atoms with van der Waals surface area (Å²) in [6.07, 6.45) is 5.20. The Morgan fingerprint density at radius 3 is 2.27 bits per heavy atom. The highest BCUT2D eigenvalue weighted by molar-refractivity contribution is 4.75. The van der Waals surface area contributed by atoms with Crippen molar-refractivity contribution in [2.24, 2.45) is 0 Å². The molecule has 0 bridgehead atoms. The Kier molecular flexibility index (Phi) is 8.07. The first kappa shape index (κ1) is 14.9. The molecule has 0 saturated carbocycles. The Morgan fingerprint density at radius 1 is 1.07 bits per heavy atom. The molecule has 0 saturated heterocycles. The second-order valence-corrected chi connectivity index (χ2v) is 5.17. The maximum absolute atomic E-state index is 3.59. The van der Waals surface area contributed by atoms with E-state index in [1.165, 1.54) is 32.2 Å². The Morgan fingerprint density at radius 2 is 1.73 bits per heavy atom. The summed E-state index contributed by atoms with van der Waals surface area (Å²) in [5.74, 6) is 0. The van der Waals surface area contributed by atoms with Crippen LogP contribution in [0.25, 0.3) is 0 Å². The topological polar surface area (TPSA) is 15.3 Å². The fraction of sp³-hybridized carbons (Fsp3) is 1.00. The van der Waals surface area contributed by atoms with Crippen LogP contribution in [0, 0.1) is 0 Å². The number of likely N-dealkylation sites (N-methyl/N-ethyl adjacent to an activating group) is 1. The summed E-state index contributed by atoms with van der Waals surface area (Å²) in [4.78, 5) is 2.42. The van der Waals surface area contributed by atoms with Gasteiger partial charge in [-0.25, -0.2) is 0 Å². The predicted molar refractivity (Wildman–Crippen MR) is 69.4 cm³/mol. The smallest absolute Gasteiger partial charge is 0.0123 e. The van der Waals surface area contributed by atoms with Gasteiger partial charge in [0, 0.05) is 18.6 Å². The first-order valence-corrected chi connectivity index (χ1v) is 6.45. The van der Waals surface area contributed by atoms with Crippen LogP contribution in [-0.2, 0) is 0 Å². The molecule has 0 spiro atoms. The van der Waals surface area contributed by atoms with Crippen molar-refractivity contribution in [3.8, 4) is 0 Å². The molecule has 0 aliphatic rings. The van der Waals surface area contributed by atoms with Gasteiger partial charge >= 0.3 is 0 Å². The highest BCUT2D eigenvalue weighted by Crippen LogP contribution is 2.05. The third kappa shape index (κ3) is 8.88. The number of hydrogen-bond donors (Lipinski definition) is 1. The molecule has 0 unspecified atom stereocenters. The van der Waals surface area contributed by atoms with Crippen LogP contribution in [0.1, 0.15) is 53.4 Å². The maximum atomic E-state index is 3.59. The van der Waals surface area contributed by atoms with Gasteiger partial charge in [-0.15, -0.1) is 0 Å². The molecular formula is C13H30N2. The van der Waals surface area contributed by atoms with E-state index in [2.05, 4.69) is 45.0 Å². The summed E-state index contributed by atoms with van der Waals surface area (Å²) in [5.41, 5.74) is 0.296. The molecule has 15 heavy (non-hydrogen) atoms. The molecule has 0 aromatic rings. The van der Waals surface area contributed by atoms with Crippen LogP contribution in [0.2, 0.25) is 0 Å². The fourth-order valence-corrected chi connectivity index (χ4v) is 1.45. The van der Waals surface area contributed by atoms with Crippen molar-refractivity contribution in [2.45, 2.75) is 58.9 Å². The highest BCUT2D eigenvalue weighted by atomic mass is 15.1. The van der Waals surface area contributed by atoms with E-state index in [9.17, 15) is 0 Å². The summed E-state index contributed by atoms with van der Waals surface area (Å²) < 4.78 is 0. The van der Waals surface area contributed by atoms with Gasteiger partial charge in [0.15, 0.2) is 0 Å². The average molecular weight is 214 g/mol. The van der Waals surface area contributed by atoms with E-state index in [1.807, 2.05) is 0 Å². The summed E-state index contributed by atoms with van der Waals surface area (Å²) in [7, 11) is 2.22. The van der Waals surface area contributed by atoms with Crippen LogP contribution in [0.4, 0.5) is 0 Å². The SMILES string of the molecule is CCCCCN(C)CCNC(C)(C)CC. The first-order chi connectivity index (χ1) is 7.02. The Bertz CT molecular complexity index is 143. The van der Waals surface area contributed by atoms with Crippen molar-refractivity contribution < 1.29 is 0 Å². The molecule has 0 radical (unpaired) electrons. The Balaban J connectivity index is 3.42. The van der Waals surface area contributed by atoms with Crippen LogP contribution in [0.5, 0.6) is 0 Å². The van der Waals surface area contributed by atoms with Crippen LogP contribution in [-0.4, -0.2) is 37.1 Å². The van der Waals surface area contributed by atoms with Gasteiger partial charge in [0.05, 0.1) is 0 Å². The summed E-state index contributed by atoms with van der Waals surface area (Å²) in [6.45, 7) is 12.5. The molecule has 0 amide bonds. The van der Waals surface area contributed by atoms with Crippen molar-refractivity contribution in [2.75, 3.05) is 26.7 Å². The molecule has 0 aliphatic heterocycles. The Labute approximate surface area is 96.4 Å². The van der Waals surface area contributed by atoms with E-state index in [-0.39, 0.29) is 0 Å². The maximum Gasteiger partial charge on any atom is 0.0123 e. The molecule has 92 valence electrons. The minimum atomic E-state index is 0.296. The summed E-state index contributed by atoms with van der Waals surface area (Å²) >= 11 is 0. The van der Waals surface area contributed by atoms with Gasteiger partial charge in [-0.2, -0.15) is 0 Å². The van der Waals surface area contributed by atoms with Crippen molar-refractivity contribution in [1.82, 2.24) is 10.2 Å². The highest BCUT2D eigenvalue weighted by Gasteiger charge is 2.12. The molecule has 0 aromatic carbocycles. The minimum Gasteiger partial charge on any atom is -0.311 e. The van der Waals surface area contributed by atoms with Gasteiger partial charge in [0.1, 0.15) is 0 Å². The Hall–Kier alpha value is -0.0800. The molecule has 0 heterocycles. The van der Waals surface area contributed by atoms with Gasteiger partial charge in [-0.1, -0.05) is 26.7 Å². The predicted octanol–water partition coefficient (Wildman–Crippen LogP) is 2.89. The molecule has 0 atom stereocenters. The lowest BCUT2D eigenvalue weighted by molar-refractivity contribution is 0.293. The van der Waals surface area contributed by atoms with Gasteiger partial charge in [0.2, 0.25) is 0 Å². The van der Waals surface area contributed by atoms with Gasteiger partial charge in [-0.3, -0.25) is 0 Å². The monoisotopic (exact) mass is 214 g/mol. The molecule has 0 aliphatic carbocycles. The molecular weight excluding hydrogens is 184 g/mol. The summed E-state index contributed by atoms with van der Waals surface area (Å²) in [5, 5.41) is 3.59. The molecule has 2 heteroatoms. The quantitative estimate of drug-likeness (QED) is 0.594.